The van der Waals surface area contributed by atoms with Crippen molar-refractivity contribution in [2.75, 3.05) is 20.1 Å². The molecule has 1 saturated carbocycles. The number of hydrogen-bond acceptors (Lipinski definition) is 3. The van der Waals surface area contributed by atoms with Crippen molar-refractivity contribution >= 4 is 10.2 Å². The fourth-order valence-corrected chi connectivity index (χ4v) is 3.27. The zero-order valence-corrected chi connectivity index (χ0v) is 9.89. The highest BCUT2D eigenvalue weighted by atomic mass is 32.2. The summed E-state index contributed by atoms with van der Waals surface area (Å²) in [7, 11) is -1.76. The second-order valence-electron chi connectivity index (χ2n) is 4.30. The molecule has 1 heterocycles. The fourth-order valence-electron chi connectivity index (χ4n) is 2.05. The minimum Gasteiger partial charge on any atom is -0.313 e. The second kappa shape index (κ2) is 4.37. The van der Waals surface area contributed by atoms with Crippen LogP contribution in [-0.2, 0) is 10.2 Å². The molecule has 5 nitrogen and oxygen atoms in total. The van der Waals surface area contributed by atoms with Gasteiger partial charge in [-0.3, -0.25) is 0 Å². The summed E-state index contributed by atoms with van der Waals surface area (Å²) in [6, 6.07) is 0.582. The van der Waals surface area contributed by atoms with E-state index in [0.717, 1.165) is 32.2 Å². The smallest absolute Gasteiger partial charge is 0.279 e. The monoisotopic (exact) mass is 233 g/mol. The molecule has 6 heteroatoms. The molecule has 0 bridgehead atoms. The van der Waals surface area contributed by atoms with Crippen molar-refractivity contribution in [2.45, 2.75) is 37.8 Å². The van der Waals surface area contributed by atoms with Gasteiger partial charge in [0.1, 0.15) is 0 Å². The van der Waals surface area contributed by atoms with Crippen LogP contribution in [0.1, 0.15) is 25.7 Å². The van der Waals surface area contributed by atoms with E-state index in [2.05, 4.69) is 10.0 Å². The molecule has 15 heavy (non-hydrogen) atoms. The van der Waals surface area contributed by atoms with E-state index in [0.29, 0.717) is 12.6 Å². The van der Waals surface area contributed by atoms with Crippen LogP contribution < -0.4 is 10.0 Å². The summed E-state index contributed by atoms with van der Waals surface area (Å²) in [6.45, 7) is 1.64. The summed E-state index contributed by atoms with van der Waals surface area (Å²) >= 11 is 0. The zero-order chi connectivity index (χ0) is 10.9. The molecule has 1 unspecified atom stereocenters. The van der Waals surface area contributed by atoms with Gasteiger partial charge in [-0.1, -0.05) is 0 Å². The van der Waals surface area contributed by atoms with Gasteiger partial charge in [0, 0.05) is 25.7 Å². The van der Waals surface area contributed by atoms with Crippen LogP contribution >= 0.6 is 0 Å². The molecule has 2 rings (SSSR count). The van der Waals surface area contributed by atoms with Crippen LogP contribution in [0.3, 0.4) is 0 Å². The van der Waals surface area contributed by atoms with Crippen LogP contribution in [0.25, 0.3) is 0 Å². The maximum Gasteiger partial charge on any atom is 0.279 e. The van der Waals surface area contributed by atoms with Gasteiger partial charge in [0.2, 0.25) is 0 Å². The topological polar surface area (TPSA) is 61.4 Å². The van der Waals surface area contributed by atoms with Crippen LogP contribution in [0, 0.1) is 0 Å². The Morgan fingerprint density at radius 1 is 1.40 bits per heavy atom. The fraction of sp³-hybridized carbons (Fsp3) is 1.00. The lowest BCUT2D eigenvalue weighted by Crippen LogP contribution is -2.46. The van der Waals surface area contributed by atoms with E-state index in [9.17, 15) is 8.42 Å². The Morgan fingerprint density at radius 2 is 2.13 bits per heavy atom. The lowest BCUT2D eigenvalue weighted by Gasteiger charge is -2.24. The van der Waals surface area contributed by atoms with Gasteiger partial charge < -0.3 is 5.32 Å². The van der Waals surface area contributed by atoms with Gasteiger partial charge in [-0.25, -0.2) is 4.72 Å². The third kappa shape index (κ3) is 2.69. The molecular weight excluding hydrogens is 214 g/mol. The Kier molecular flexibility index (Phi) is 3.30. The standard InChI is InChI=1S/C9H19N3O2S/c1-10-15(13,14)12(9-4-5-9)7-8-3-2-6-11-8/h8-11H,2-7H2,1H3. The predicted molar refractivity (Wildman–Crippen MR) is 58.7 cm³/mol. The summed E-state index contributed by atoms with van der Waals surface area (Å²) in [5.74, 6) is 0. The first kappa shape index (κ1) is 11.3. The van der Waals surface area contributed by atoms with Gasteiger partial charge in [0.15, 0.2) is 0 Å². The molecule has 0 radical (unpaired) electrons. The first-order valence-corrected chi connectivity index (χ1v) is 7.01. The maximum atomic E-state index is 11.8. The molecule has 2 aliphatic rings. The molecule has 2 fully saturated rings. The Morgan fingerprint density at radius 3 is 2.60 bits per heavy atom. The van der Waals surface area contributed by atoms with E-state index >= 15 is 0 Å². The summed E-state index contributed by atoms with van der Waals surface area (Å²) < 4.78 is 27.5. The van der Waals surface area contributed by atoms with Crippen molar-refractivity contribution in [1.82, 2.24) is 14.3 Å². The molecule has 1 aliphatic carbocycles. The van der Waals surface area contributed by atoms with E-state index < -0.39 is 10.2 Å². The lowest BCUT2D eigenvalue weighted by molar-refractivity contribution is 0.359. The highest BCUT2D eigenvalue weighted by Crippen LogP contribution is 2.29. The summed E-state index contributed by atoms with van der Waals surface area (Å²) in [4.78, 5) is 0. The average molecular weight is 233 g/mol. The van der Waals surface area contributed by atoms with Gasteiger partial charge in [-0.05, 0) is 32.2 Å². The third-order valence-corrected chi connectivity index (χ3v) is 4.66. The van der Waals surface area contributed by atoms with Crippen LogP contribution in [0.5, 0.6) is 0 Å². The highest BCUT2D eigenvalue weighted by molar-refractivity contribution is 7.87. The van der Waals surface area contributed by atoms with Crippen molar-refractivity contribution in [3.05, 3.63) is 0 Å². The Bertz CT molecular complexity index is 307. The summed E-state index contributed by atoms with van der Waals surface area (Å²) in [6.07, 6.45) is 4.26. The number of hydrogen-bond donors (Lipinski definition) is 2. The van der Waals surface area contributed by atoms with E-state index in [1.165, 1.54) is 7.05 Å². The molecule has 88 valence electrons. The largest absolute Gasteiger partial charge is 0.313 e. The molecule has 0 aromatic heterocycles. The molecular formula is C9H19N3O2S. The minimum absolute atomic E-state index is 0.241. The molecule has 0 aromatic rings. The maximum absolute atomic E-state index is 11.8. The van der Waals surface area contributed by atoms with E-state index in [1.54, 1.807) is 4.31 Å². The van der Waals surface area contributed by atoms with Crippen molar-refractivity contribution in [3.8, 4) is 0 Å². The Balaban J connectivity index is 1.99. The molecule has 0 spiro atoms. The number of nitrogens with one attached hydrogen (secondary N) is 2. The Labute approximate surface area is 91.4 Å². The number of nitrogens with zero attached hydrogens (tertiary/aromatic N) is 1. The SMILES string of the molecule is CNS(=O)(=O)N(CC1CCCN1)C1CC1. The normalized spacial score (nSPS) is 27.5. The van der Waals surface area contributed by atoms with E-state index in [-0.39, 0.29) is 6.04 Å². The van der Waals surface area contributed by atoms with Crippen LogP contribution in [-0.4, -0.2) is 44.9 Å². The van der Waals surface area contributed by atoms with Crippen molar-refractivity contribution in [2.24, 2.45) is 0 Å². The van der Waals surface area contributed by atoms with Crippen molar-refractivity contribution < 1.29 is 8.42 Å². The number of rotatable bonds is 5. The second-order valence-corrected chi connectivity index (χ2v) is 6.13. The first-order chi connectivity index (χ1) is 7.13. The quantitative estimate of drug-likeness (QED) is 0.683. The van der Waals surface area contributed by atoms with Crippen LogP contribution in [0.2, 0.25) is 0 Å². The van der Waals surface area contributed by atoms with Gasteiger partial charge in [0.05, 0.1) is 0 Å². The van der Waals surface area contributed by atoms with E-state index in [1.807, 2.05) is 0 Å². The molecule has 1 aliphatic heterocycles. The molecule has 2 N–H and O–H groups in total. The predicted octanol–water partition coefficient (Wildman–Crippen LogP) is -0.333. The van der Waals surface area contributed by atoms with Crippen molar-refractivity contribution in [3.63, 3.8) is 0 Å². The molecule has 1 saturated heterocycles. The van der Waals surface area contributed by atoms with Gasteiger partial charge in [-0.15, -0.1) is 0 Å². The third-order valence-electron chi connectivity index (χ3n) is 3.08. The van der Waals surface area contributed by atoms with Crippen molar-refractivity contribution in [1.29, 1.82) is 0 Å². The lowest BCUT2D eigenvalue weighted by atomic mass is 10.2. The summed E-state index contributed by atoms with van der Waals surface area (Å²) in [5.41, 5.74) is 0. The van der Waals surface area contributed by atoms with E-state index in [4.69, 9.17) is 0 Å². The Hall–Kier alpha value is -0.170. The van der Waals surface area contributed by atoms with Gasteiger partial charge >= 0.3 is 0 Å². The molecule has 1 atom stereocenters. The minimum atomic E-state index is -3.24. The average Bonchev–Trinajstić information content (AvgIpc) is 2.92. The molecule has 0 amide bonds. The first-order valence-electron chi connectivity index (χ1n) is 5.57. The van der Waals surface area contributed by atoms with Crippen LogP contribution in [0.4, 0.5) is 0 Å². The van der Waals surface area contributed by atoms with Gasteiger partial charge in [0.25, 0.3) is 10.2 Å². The zero-order valence-electron chi connectivity index (χ0n) is 9.07. The van der Waals surface area contributed by atoms with Crippen LogP contribution in [0.15, 0.2) is 0 Å². The molecule has 0 aromatic carbocycles. The highest BCUT2D eigenvalue weighted by Gasteiger charge is 2.38. The summed E-state index contributed by atoms with van der Waals surface area (Å²) in [5, 5.41) is 3.33. The van der Waals surface area contributed by atoms with Gasteiger partial charge in [-0.2, -0.15) is 12.7 Å².